The number of fused-ring (bicyclic) bond motifs is 1. The van der Waals surface area contributed by atoms with Crippen molar-refractivity contribution < 1.29 is 31.4 Å². The summed E-state index contributed by atoms with van der Waals surface area (Å²) in [5.41, 5.74) is 2.04. The summed E-state index contributed by atoms with van der Waals surface area (Å²) in [6.45, 7) is 1.86. The van der Waals surface area contributed by atoms with Crippen molar-refractivity contribution >= 4 is 21.1 Å². The molecule has 0 radical (unpaired) electrons. The minimum Gasteiger partial charge on any atom is -0.496 e. The number of pyridine rings is 2. The molecule has 6 rings (SSSR count). The first kappa shape index (κ1) is 30.0. The van der Waals surface area contributed by atoms with Gasteiger partial charge in [0.25, 0.3) is 10.0 Å². The van der Waals surface area contributed by atoms with E-state index in [0.717, 1.165) is 15.6 Å². The minimum absolute atomic E-state index is 0.0943. The number of para-hydroxylation sites is 1. The molecule has 0 fully saturated rings. The van der Waals surface area contributed by atoms with Gasteiger partial charge in [0.2, 0.25) is 0 Å². The van der Waals surface area contributed by atoms with Gasteiger partial charge in [0.05, 0.1) is 23.3 Å². The smallest absolute Gasteiger partial charge is 0.418 e. The summed E-state index contributed by atoms with van der Waals surface area (Å²) in [5.74, 6) is 0.524. The third-order valence-corrected chi connectivity index (χ3v) is 9.19. The van der Waals surface area contributed by atoms with Crippen LogP contribution >= 0.6 is 0 Å². The first-order valence-corrected chi connectivity index (χ1v) is 15.2. The Hall–Kier alpha value is -5.00. The van der Waals surface area contributed by atoms with Gasteiger partial charge >= 0.3 is 6.18 Å². The van der Waals surface area contributed by atoms with Gasteiger partial charge in [0, 0.05) is 40.7 Å². The number of alkyl halides is 3. The summed E-state index contributed by atoms with van der Waals surface area (Å²) in [6.07, 6.45) is -2.15. The van der Waals surface area contributed by atoms with Crippen LogP contribution in [0.25, 0.3) is 33.3 Å². The van der Waals surface area contributed by atoms with E-state index in [1.54, 1.807) is 48.5 Å². The molecule has 0 aliphatic heterocycles. The number of benzene rings is 3. The highest BCUT2D eigenvalue weighted by atomic mass is 32.2. The van der Waals surface area contributed by atoms with Crippen LogP contribution in [0.4, 0.5) is 13.2 Å². The average molecular weight is 630 g/mol. The second-order valence-corrected chi connectivity index (χ2v) is 12.2. The SMILES string of the molecule is COc1ccccc1-c1cn(S(=O)(=O)c2ccc(C)cc2)c2ncc(-c3cccc(C(O)c4ncccc4C(F)(F)F)c3)cc12. The Labute approximate surface area is 257 Å². The monoisotopic (exact) mass is 629 g/mol. The van der Waals surface area contributed by atoms with Crippen molar-refractivity contribution in [2.75, 3.05) is 7.11 Å². The number of halogens is 3. The molecule has 0 spiro atoms. The fourth-order valence-corrected chi connectivity index (χ4v) is 6.57. The average Bonchev–Trinajstić information content (AvgIpc) is 3.44. The Morgan fingerprint density at radius 3 is 2.36 bits per heavy atom. The number of methoxy groups -OCH3 is 1. The fraction of sp³-hybridized carbons (Fsp3) is 0.118. The van der Waals surface area contributed by atoms with Crippen LogP contribution in [-0.4, -0.2) is 34.6 Å². The van der Waals surface area contributed by atoms with Gasteiger partial charge in [-0.05, 0) is 60.5 Å². The van der Waals surface area contributed by atoms with Crippen molar-refractivity contribution in [3.05, 3.63) is 132 Å². The lowest BCUT2D eigenvalue weighted by Crippen LogP contribution is -2.14. The number of rotatable bonds is 7. The molecule has 1 atom stereocenters. The van der Waals surface area contributed by atoms with Gasteiger partial charge in [-0.15, -0.1) is 0 Å². The second-order valence-electron chi connectivity index (χ2n) is 10.4. The van der Waals surface area contributed by atoms with Crippen molar-refractivity contribution in [2.24, 2.45) is 0 Å². The van der Waals surface area contributed by atoms with Crippen LogP contribution in [0.2, 0.25) is 0 Å². The fourth-order valence-electron chi connectivity index (χ4n) is 5.25. The molecule has 1 unspecified atom stereocenters. The normalized spacial score (nSPS) is 12.8. The molecule has 0 bridgehead atoms. The number of aliphatic hydroxyl groups is 1. The van der Waals surface area contributed by atoms with E-state index in [2.05, 4.69) is 9.97 Å². The predicted octanol–water partition coefficient (Wildman–Crippen LogP) is 7.42. The quantitative estimate of drug-likeness (QED) is 0.198. The van der Waals surface area contributed by atoms with Gasteiger partial charge in [-0.1, -0.05) is 54.1 Å². The topological polar surface area (TPSA) is 94.3 Å². The number of aromatic nitrogens is 3. The number of aryl methyl sites for hydroxylation is 1. The minimum atomic E-state index is -4.70. The Balaban J connectivity index is 1.51. The highest BCUT2D eigenvalue weighted by molar-refractivity contribution is 7.90. The van der Waals surface area contributed by atoms with Crippen LogP contribution in [0.5, 0.6) is 5.75 Å². The van der Waals surface area contributed by atoms with Crippen LogP contribution in [0.15, 0.2) is 114 Å². The predicted molar refractivity (Wildman–Crippen MR) is 164 cm³/mol. The summed E-state index contributed by atoms with van der Waals surface area (Å²) in [6, 6.07) is 23.9. The largest absolute Gasteiger partial charge is 0.496 e. The van der Waals surface area contributed by atoms with E-state index in [1.165, 1.54) is 50.0 Å². The van der Waals surface area contributed by atoms with E-state index in [-0.39, 0.29) is 16.1 Å². The van der Waals surface area contributed by atoms with Crippen molar-refractivity contribution in [1.29, 1.82) is 0 Å². The molecule has 45 heavy (non-hydrogen) atoms. The Bertz CT molecular complexity index is 2140. The highest BCUT2D eigenvalue weighted by Gasteiger charge is 2.36. The summed E-state index contributed by atoms with van der Waals surface area (Å²) in [7, 11) is -2.53. The summed E-state index contributed by atoms with van der Waals surface area (Å²) < 4.78 is 75.3. The number of nitrogens with zero attached hydrogens (tertiary/aromatic N) is 3. The lowest BCUT2D eigenvalue weighted by molar-refractivity contribution is -0.139. The molecule has 7 nitrogen and oxygen atoms in total. The molecule has 3 heterocycles. The van der Waals surface area contributed by atoms with E-state index in [4.69, 9.17) is 4.74 Å². The third kappa shape index (κ3) is 5.56. The molecular formula is C34H26F3N3O4S. The van der Waals surface area contributed by atoms with Crippen molar-refractivity contribution in [3.8, 4) is 28.0 Å². The standard InChI is InChI=1S/C34H26F3N3O4S/c1-21-12-14-25(15-13-21)45(42,43)40-20-28(26-9-3-4-11-30(26)44-2)27-18-24(19-39-33(27)40)22-7-5-8-23(17-22)32(41)31-29(34(35,36)37)10-6-16-38-31/h3-20,32,41H,1-2H3. The second kappa shape index (κ2) is 11.5. The maximum atomic E-state index is 13.8. The number of aliphatic hydroxyl groups excluding tert-OH is 1. The molecule has 0 aliphatic carbocycles. The van der Waals surface area contributed by atoms with Crippen molar-refractivity contribution in [1.82, 2.24) is 13.9 Å². The van der Waals surface area contributed by atoms with E-state index < -0.39 is 33.6 Å². The van der Waals surface area contributed by atoms with Gasteiger partial charge in [-0.2, -0.15) is 13.2 Å². The first-order chi connectivity index (χ1) is 21.5. The number of hydrogen-bond acceptors (Lipinski definition) is 6. The number of ether oxygens (including phenoxy) is 1. The molecule has 3 aromatic heterocycles. The van der Waals surface area contributed by atoms with Gasteiger partial charge < -0.3 is 9.84 Å². The molecular weight excluding hydrogens is 603 g/mol. The Kier molecular flexibility index (Phi) is 7.67. The molecule has 0 saturated carbocycles. The van der Waals surface area contributed by atoms with Crippen LogP contribution in [-0.2, 0) is 16.2 Å². The Morgan fingerprint density at radius 2 is 1.62 bits per heavy atom. The van der Waals surface area contributed by atoms with Crippen LogP contribution < -0.4 is 4.74 Å². The first-order valence-electron chi connectivity index (χ1n) is 13.8. The van der Waals surface area contributed by atoms with Crippen LogP contribution in [0.3, 0.4) is 0 Å². The van der Waals surface area contributed by atoms with Gasteiger partial charge in [0.1, 0.15) is 11.9 Å². The Morgan fingerprint density at radius 1 is 0.867 bits per heavy atom. The maximum absolute atomic E-state index is 13.8. The van der Waals surface area contributed by atoms with Gasteiger partial charge in [-0.25, -0.2) is 17.4 Å². The molecule has 3 aromatic carbocycles. The van der Waals surface area contributed by atoms with Gasteiger partial charge in [-0.3, -0.25) is 4.98 Å². The molecule has 1 N–H and O–H groups in total. The zero-order valence-electron chi connectivity index (χ0n) is 24.0. The van der Waals surface area contributed by atoms with E-state index in [1.807, 2.05) is 19.1 Å². The summed E-state index contributed by atoms with van der Waals surface area (Å²) in [4.78, 5) is 8.49. The maximum Gasteiger partial charge on any atom is 0.418 e. The molecule has 11 heteroatoms. The zero-order chi connectivity index (χ0) is 31.9. The lowest BCUT2D eigenvalue weighted by Gasteiger charge is -2.17. The summed E-state index contributed by atoms with van der Waals surface area (Å²) in [5, 5.41) is 11.5. The molecule has 0 amide bonds. The van der Waals surface area contributed by atoms with Crippen molar-refractivity contribution in [2.45, 2.75) is 24.1 Å². The molecule has 0 saturated heterocycles. The van der Waals surface area contributed by atoms with E-state index in [9.17, 15) is 26.7 Å². The van der Waals surface area contributed by atoms with E-state index in [0.29, 0.717) is 33.4 Å². The molecule has 228 valence electrons. The lowest BCUT2D eigenvalue weighted by atomic mass is 9.97. The van der Waals surface area contributed by atoms with Crippen LogP contribution in [0.1, 0.15) is 28.5 Å². The van der Waals surface area contributed by atoms with Crippen molar-refractivity contribution in [3.63, 3.8) is 0 Å². The zero-order valence-corrected chi connectivity index (χ0v) is 24.8. The van der Waals surface area contributed by atoms with Crippen LogP contribution in [0, 0.1) is 6.92 Å². The molecule has 6 aromatic rings. The number of hydrogen-bond donors (Lipinski definition) is 1. The van der Waals surface area contributed by atoms with Gasteiger partial charge in [0.15, 0.2) is 5.65 Å². The molecule has 0 aliphatic rings. The van der Waals surface area contributed by atoms with E-state index >= 15 is 0 Å². The third-order valence-electron chi connectivity index (χ3n) is 7.53. The summed E-state index contributed by atoms with van der Waals surface area (Å²) >= 11 is 0. The highest BCUT2D eigenvalue weighted by Crippen LogP contribution is 2.40.